The number of anilines is 8. The van der Waals surface area contributed by atoms with E-state index in [0.29, 0.717) is 84.4 Å². The summed E-state index contributed by atoms with van der Waals surface area (Å²) < 4.78 is 10.6. The Labute approximate surface area is 495 Å². The molecule has 2 aliphatic heterocycles. The molecule has 0 atom stereocenters. The number of esters is 1. The first-order chi connectivity index (χ1) is 39.2. The van der Waals surface area contributed by atoms with Crippen molar-refractivity contribution in [1.29, 1.82) is 0 Å². The third kappa shape index (κ3) is 19.2. The zero-order valence-corrected chi connectivity index (χ0v) is 50.4. The maximum Gasteiger partial charge on any atom is 0.407 e. The first-order valence-electron chi connectivity index (χ1n) is 26.9. The molecule has 2 saturated heterocycles. The average molecular weight is 1200 g/mol. The van der Waals surface area contributed by atoms with Crippen LogP contribution < -0.4 is 41.7 Å². The normalized spacial score (nSPS) is 13.7. The minimum atomic E-state index is -0.385. The molecule has 0 unspecified atom stereocenters. The third-order valence-electron chi connectivity index (χ3n) is 12.6. The number of amides is 4. The molecule has 6 N–H and O–H groups in total. The van der Waals surface area contributed by atoms with Crippen LogP contribution in [0, 0.1) is 27.7 Å². The molecule has 0 aliphatic carbocycles. The number of carbonyl (C=O) groups excluding carboxylic acids is 5. The van der Waals surface area contributed by atoms with Gasteiger partial charge in [-0.05, 0) is 78.6 Å². The highest BCUT2D eigenvalue weighted by atomic mass is 35.5. The van der Waals surface area contributed by atoms with Gasteiger partial charge in [-0.25, -0.2) is 34.7 Å². The molecule has 27 heteroatoms. The molecule has 0 bridgehead atoms. The van der Waals surface area contributed by atoms with E-state index in [2.05, 4.69) is 81.4 Å². The van der Waals surface area contributed by atoms with Gasteiger partial charge >= 0.3 is 12.1 Å². The number of benzene rings is 2. The van der Waals surface area contributed by atoms with Gasteiger partial charge in [0, 0.05) is 96.1 Å². The molecule has 2 aromatic carbocycles. The number of hydrogen-bond acceptors (Lipinski definition) is 21. The van der Waals surface area contributed by atoms with Crippen LogP contribution in [0.15, 0.2) is 60.9 Å². The number of halogens is 2. The van der Waals surface area contributed by atoms with Crippen LogP contribution in [0.4, 0.5) is 49.7 Å². The van der Waals surface area contributed by atoms with E-state index < -0.39 is 0 Å². The van der Waals surface area contributed by atoms with Gasteiger partial charge in [-0.15, -0.1) is 0 Å². The Morgan fingerprint density at radius 1 is 0.585 bits per heavy atom. The summed E-state index contributed by atoms with van der Waals surface area (Å²) in [5.74, 6) is 2.97. The molecule has 4 amide bonds. The Bertz CT molecular complexity index is 3130. The zero-order valence-electron chi connectivity index (χ0n) is 47.2. The van der Waals surface area contributed by atoms with Gasteiger partial charge in [0.15, 0.2) is 10.3 Å². The number of rotatable bonds is 21. The Balaban J connectivity index is 0.000000237. The molecule has 0 radical (unpaired) electrons. The van der Waals surface area contributed by atoms with Crippen molar-refractivity contribution in [3.63, 3.8) is 0 Å². The van der Waals surface area contributed by atoms with E-state index in [9.17, 15) is 24.0 Å². The Morgan fingerprint density at radius 2 is 1.02 bits per heavy atom. The number of carbonyl (C=O) groups is 5. The van der Waals surface area contributed by atoms with Crippen LogP contribution in [0.25, 0.3) is 0 Å². The lowest BCUT2D eigenvalue weighted by Crippen LogP contribution is -2.48. The number of nitrogens with zero attached hydrogens (tertiary/aromatic N) is 10. The van der Waals surface area contributed by atoms with E-state index in [1.54, 1.807) is 12.1 Å². The fourth-order valence-corrected chi connectivity index (χ4v) is 10.5. The number of alkyl carbamates (subject to hydrolysis) is 1. The number of ether oxygens (including phenoxy) is 2. The summed E-state index contributed by atoms with van der Waals surface area (Å²) in [6.07, 6.45) is 2.87. The van der Waals surface area contributed by atoms with Gasteiger partial charge in [-0.3, -0.25) is 29.0 Å². The first-order valence-corrected chi connectivity index (χ1v) is 29.3. The standard InChI is InChI=1S/C29H37ClN8O4S.C26H33ClN8O3S/c1-18(2)32-25(39)8-9-26(40)42-15-14-37-10-12-38(13-11-37)24-16-23(33-20(4)34-24)35-29-31-17-22(43-29)28(41)36-27-19(3)6-5-7-21(27)30;1-16(2)29-26(37)38-13-12-34-8-10-35(11-9-34)22-14-21(30-18(4)31-22)32-25-28-15-20(39-25)24(36)33-23-17(3)6-5-7-19(23)27/h5-7,16-18H,8-15H2,1-4H3,(H,32,39)(H,36,41)(H,31,33,34,35);5-7,14-16H,8-13H2,1-4H3,(H,29,37)(H,33,36)(H,28,30,31,32). The minimum Gasteiger partial charge on any atom is -0.464 e. The predicted molar refractivity (Wildman–Crippen MR) is 323 cm³/mol. The maximum atomic E-state index is 12.8. The lowest BCUT2D eigenvalue weighted by molar-refractivity contribution is -0.145. The predicted octanol–water partition coefficient (Wildman–Crippen LogP) is 8.63. The fourth-order valence-electron chi connectivity index (χ4n) is 8.50. The van der Waals surface area contributed by atoms with Crippen molar-refractivity contribution in [2.45, 2.75) is 80.3 Å². The summed E-state index contributed by atoms with van der Waals surface area (Å²) in [4.78, 5) is 97.6. The Hall–Kier alpha value is -7.29. The molecule has 4 aromatic heterocycles. The lowest BCUT2D eigenvalue weighted by atomic mass is 10.2. The van der Waals surface area contributed by atoms with E-state index in [4.69, 9.17) is 32.7 Å². The second-order valence-electron chi connectivity index (χ2n) is 19.9. The molecule has 0 spiro atoms. The number of hydrogen-bond donors (Lipinski definition) is 6. The van der Waals surface area contributed by atoms with Crippen molar-refractivity contribution in [1.82, 2.24) is 50.3 Å². The molecular weight excluding hydrogens is 1130 g/mol. The van der Waals surface area contributed by atoms with Crippen LogP contribution in [0.5, 0.6) is 0 Å². The summed E-state index contributed by atoms with van der Waals surface area (Å²) in [6.45, 7) is 23.3. The monoisotopic (exact) mass is 1200 g/mol. The number of para-hydroxylation sites is 2. The SMILES string of the molecule is Cc1nc(Nc2ncc(C(=O)Nc3c(C)cccc3Cl)s2)cc(N2CCN(CCOC(=O)CCC(=O)NC(C)C)CC2)n1.Cc1nc(Nc2ncc(C(=O)Nc3c(C)cccc3Cl)s2)cc(N2CCN(CCOC(=O)NC(C)C)CC2)n1. The average Bonchev–Trinajstić information content (AvgIpc) is 4.14. The quantitative estimate of drug-likeness (QED) is 0.0368. The van der Waals surface area contributed by atoms with E-state index in [0.717, 1.165) is 75.1 Å². The number of aromatic nitrogens is 6. The van der Waals surface area contributed by atoms with Crippen LogP contribution in [0.2, 0.25) is 10.0 Å². The van der Waals surface area contributed by atoms with Crippen molar-refractivity contribution >= 4 is 121 Å². The number of thiazole rings is 2. The molecule has 2 fully saturated rings. The highest BCUT2D eigenvalue weighted by Crippen LogP contribution is 2.31. The summed E-state index contributed by atoms with van der Waals surface area (Å²) in [6, 6.07) is 14.8. The van der Waals surface area contributed by atoms with Crippen molar-refractivity contribution < 1.29 is 33.4 Å². The van der Waals surface area contributed by atoms with E-state index in [1.165, 1.54) is 35.1 Å². The summed E-state index contributed by atoms with van der Waals surface area (Å²) >= 11 is 14.9. The molecule has 23 nitrogen and oxygen atoms in total. The summed E-state index contributed by atoms with van der Waals surface area (Å²) in [7, 11) is 0. The Morgan fingerprint density at radius 3 is 1.45 bits per heavy atom. The molecular formula is C55H70Cl2N16O7S2. The minimum absolute atomic E-state index is 0.0490. The Kier molecular flexibility index (Phi) is 22.9. The van der Waals surface area contributed by atoms with Gasteiger partial charge in [0.1, 0.15) is 57.9 Å². The van der Waals surface area contributed by atoms with Crippen LogP contribution in [-0.2, 0) is 19.1 Å². The third-order valence-corrected chi connectivity index (χ3v) is 15.1. The van der Waals surface area contributed by atoms with Crippen LogP contribution in [-0.4, -0.2) is 160 Å². The highest BCUT2D eigenvalue weighted by Gasteiger charge is 2.23. The van der Waals surface area contributed by atoms with Crippen LogP contribution in [0.3, 0.4) is 0 Å². The fraction of sp³-hybridized carbons (Fsp3) is 0.436. The highest BCUT2D eigenvalue weighted by molar-refractivity contribution is 7.18. The van der Waals surface area contributed by atoms with Gasteiger partial charge in [0.2, 0.25) is 5.91 Å². The largest absolute Gasteiger partial charge is 0.464 e. The zero-order chi connectivity index (χ0) is 58.9. The van der Waals surface area contributed by atoms with Gasteiger partial charge in [0.25, 0.3) is 11.8 Å². The molecule has 8 rings (SSSR count). The molecule has 6 aromatic rings. The van der Waals surface area contributed by atoms with E-state index in [-0.39, 0.29) is 61.3 Å². The van der Waals surface area contributed by atoms with Crippen LogP contribution >= 0.6 is 45.9 Å². The smallest absolute Gasteiger partial charge is 0.407 e. The molecule has 82 heavy (non-hydrogen) atoms. The van der Waals surface area contributed by atoms with E-state index >= 15 is 0 Å². The van der Waals surface area contributed by atoms with E-state index in [1.807, 2.05) is 91.8 Å². The molecule has 6 heterocycles. The topological polar surface area (TPSA) is 266 Å². The molecule has 0 saturated carbocycles. The van der Waals surface area contributed by atoms with Crippen LogP contribution in [0.1, 0.15) is 82.7 Å². The number of aryl methyl sites for hydroxylation is 4. The van der Waals surface area contributed by atoms with Gasteiger partial charge < -0.3 is 51.2 Å². The summed E-state index contributed by atoms with van der Waals surface area (Å²) in [5.41, 5.74) is 2.92. The summed E-state index contributed by atoms with van der Waals surface area (Å²) in [5, 5.41) is 19.7. The lowest BCUT2D eigenvalue weighted by Gasteiger charge is -2.35. The van der Waals surface area contributed by atoms with Crippen molar-refractivity contribution in [3.05, 3.63) is 103 Å². The second kappa shape index (κ2) is 30.1. The molecule has 438 valence electrons. The van der Waals surface area contributed by atoms with Gasteiger partial charge in [-0.1, -0.05) is 70.1 Å². The van der Waals surface area contributed by atoms with Crippen molar-refractivity contribution in [2.24, 2.45) is 0 Å². The van der Waals surface area contributed by atoms with Gasteiger partial charge in [0.05, 0.1) is 40.2 Å². The first kappa shape index (κ1) is 62.3. The number of nitrogens with one attached hydrogen (secondary N) is 6. The maximum absolute atomic E-state index is 12.8. The number of piperazine rings is 2. The van der Waals surface area contributed by atoms with Crippen molar-refractivity contribution in [2.75, 3.05) is 110 Å². The van der Waals surface area contributed by atoms with Crippen molar-refractivity contribution in [3.8, 4) is 0 Å². The van der Waals surface area contributed by atoms with Gasteiger partial charge in [-0.2, -0.15) is 0 Å². The molecule has 2 aliphatic rings. The second-order valence-corrected chi connectivity index (χ2v) is 22.8.